The first-order valence-electron chi connectivity index (χ1n) is 7.95. The van der Waals surface area contributed by atoms with Gasteiger partial charge in [-0.1, -0.05) is 24.3 Å². The number of carbonyl (C=O) groups excluding carboxylic acids is 1. The van der Waals surface area contributed by atoms with Crippen molar-refractivity contribution in [3.63, 3.8) is 0 Å². The number of fused-ring (bicyclic) bond motifs is 1. The number of aliphatic hydroxyl groups excluding tert-OH is 1. The lowest BCUT2D eigenvalue weighted by Gasteiger charge is -2.10. The van der Waals surface area contributed by atoms with E-state index in [1.54, 1.807) is 4.57 Å². The molecule has 0 radical (unpaired) electrons. The predicted octanol–water partition coefficient (Wildman–Crippen LogP) is 3.78. The van der Waals surface area contributed by atoms with Gasteiger partial charge in [-0.05, 0) is 50.1 Å². The van der Waals surface area contributed by atoms with Gasteiger partial charge in [-0.25, -0.2) is 0 Å². The molecule has 0 saturated heterocycles. The third-order valence-electron chi connectivity index (χ3n) is 4.21. The minimum Gasteiger partial charge on any atom is -0.484 e. The van der Waals surface area contributed by atoms with E-state index in [9.17, 15) is 9.90 Å². The fourth-order valence-corrected chi connectivity index (χ4v) is 3.18. The second kappa shape index (κ2) is 6.49. The minimum atomic E-state index is -0.150. The van der Waals surface area contributed by atoms with Crippen molar-refractivity contribution >= 4 is 16.8 Å². The number of ether oxygens (including phenoxy) is 1. The molecule has 3 aromatic rings. The molecule has 0 aliphatic heterocycles. The summed E-state index contributed by atoms with van der Waals surface area (Å²) in [5.74, 6) is 0.542. The zero-order chi connectivity index (χ0) is 17.3. The van der Waals surface area contributed by atoms with Gasteiger partial charge < -0.3 is 9.84 Å². The quantitative estimate of drug-likeness (QED) is 0.795. The molecule has 0 unspecified atom stereocenters. The Morgan fingerprint density at radius 1 is 1.08 bits per heavy atom. The highest BCUT2D eigenvalue weighted by atomic mass is 16.5. The highest BCUT2D eigenvalue weighted by Crippen LogP contribution is 2.26. The Hall–Kier alpha value is -2.59. The van der Waals surface area contributed by atoms with Crippen LogP contribution < -0.4 is 4.74 Å². The minimum absolute atomic E-state index is 0.0483. The molecule has 1 heterocycles. The molecule has 0 saturated carbocycles. The van der Waals surface area contributed by atoms with Gasteiger partial charge in [0.2, 0.25) is 0 Å². The molecule has 1 N–H and O–H groups in total. The zero-order valence-corrected chi connectivity index (χ0v) is 14.2. The van der Waals surface area contributed by atoms with E-state index < -0.39 is 0 Å². The number of aryl methyl sites for hydroxylation is 2. The number of benzene rings is 2. The van der Waals surface area contributed by atoms with Gasteiger partial charge in [0.1, 0.15) is 5.75 Å². The molecule has 4 nitrogen and oxygen atoms in total. The van der Waals surface area contributed by atoms with Crippen LogP contribution in [0.25, 0.3) is 10.9 Å². The molecular formula is C20H21NO3. The average Bonchev–Trinajstić information content (AvgIpc) is 2.83. The lowest BCUT2D eigenvalue weighted by atomic mass is 10.1. The van der Waals surface area contributed by atoms with Crippen LogP contribution in [-0.4, -0.2) is 22.2 Å². The van der Waals surface area contributed by atoms with Gasteiger partial charge in [-0.2, -0.15) is 0 Å². The largest absolute Gasteiger partial charge is 0.484 e. The molecule has 0 fully saturated rings. The number of para-hydroxylation sites is 1. The molecule has 2 aromatic carbocycles. The van der Waals surface area contributed by atoms with Crippen LogP contribution >= 0.6 is 0 Å². The van der Waals surface area contributed by atoms with Crippen molar-refractivity contribution in [1.29, 1.82) is 0 Å². The van der Waals surface area contributed by atoms with E-state index in [2.05, 4.69) is 6.07 Å². The Kier molecular flexibility index (Phi) is 4.40. The van der Waals surface area contributed by atoms with Crippen LogP contribution in [0.5, 0.6) is 5.75 Å². The van der Waals surface area contributed by atoms with Gasteiger partial charge in [-0.3, -0.25) is 9.36 Å². The van der Waals surface area contributed by atoms with Gasteiger partial charge in [0.25, 0.3) is 5.91 Å². The first-order chi connectivity index (χ1) is 11.5. The number of nitrogens with zero attached hydrogens (tertiary/aromatic N) is 1. The maximum Gasteiger partial charge on any atom is 0.269 e. The van der Waals surface area contributed by atoms with Crippen molar-refractivity contribution in [3.8, 4) is 5.75 Å². The Balaban J connectivity index is 1.90. The normalized spacial score (nSPS) is 11.0. The number of rotatable bonds is 4. The predicted molar refractivity (Wildman–Crippen MR) is 94.6 cm³/mol. The Bertz CT molecular complexity index is 888. The van der Waals surface area contributed by atoms with Crippen molar-refractivity contribution in [1.82, 2.24) is 4.57 Å². The standard InChI is InChI=1S/C20H21NO3/c1-13-8-14(2)10-16(9-13)24-12-20(23)21-15(3)18(11-22)17-6-4-5-7-19(17)21/h4-10,22H,11-12H2,1-3H3. The van der Waals surface area contributed by atoms with Crippen LogP contribution in [0.2, 0.25) is 0 Å². The van der Waals surface area contributed by atoms with Gasteiger partial charge >= 0.3 is 0 Å². The molecule has 3 rings (SSSR count). The number of carbonyl (C=O) groups is 1. The Morgan fingerprint density at radius 2 is 1.75 bits per heavy atom. The van der Waals surface area contributed by atoms with E-state index in [1.807, 2.05) is 57.2 Å². The third-order valence-corrected chi connectivity index (χ3v) is 4.21. The molecule has 1 aromatic heterocycles. The highest BCUT2D eigenvalue weighted by molar-refractivity contribution is 5.96. The lowest BCUT2D eigenvalue weighted by Crippen LogP contribution is -2.20. The smallest absolute Gasteiger partial charge is 0.269 e. The van der Waals surface area contributed by atoms with Crippen LogP contribution in [0.4, 0.5) is 0 Å². The van der Waals surface area contributed by atoms with Crippen LogP contribution in [0.3, 0.4) is 0 Å². The fraction of sp³-hybridized carbons (Fsp3) is 0.250. The maximum absolute atomic E-state index is 12.7. The molecular weight excluding hydrogens is 302 g/mol. The summed E-state index contributed by atoms with van der Waals surface area (Å²) in [5.41, 5.74) is 4.54. The number of aliphatic hydroxyl groups is 1. The number of hydrogen-bond donors (Lipinski definition) is 1. The molecule has 0 bridgehead atoms. The third kappa shape index (κ3) is 2.93. The SMILES string of the molecule is Cc1cc(C)cc(OCC(=O)n2c(C)c(CO)c3ccccc32)c1. The monoisotopic (exact) mass is 323 g/mol. The van der Waals surface area contributed by atoms with Crippen LogP contribution in [0.1, 0.15) is 27.2 Å². The first-order valence-corrected chi connectivity index (χ1v) is 7.95. The summed E-state index contributed by atoms with van der Waals surface area (Å²) in [6, 6.07) is 13.5. The molecule has 0 aliphatic rings. The molecule has 24 heavy (non-hydrogen) atoms. The molecule has 0 spiro atoms. The van der Waals surface area contributed by atoms with E-state index in [0.717, 1.165) is 33.3 Å². The lowest BCUT2D eigenvalue weighted by molar-refractivity contribution is 0.0840. The van der Waals surface area contributed by atoms with Gasteiger partial charge in [0.05, 0.1) is 12.1 Å². The van der Waals surface area contributed by atoms with Gasteiger partial charge in [0.15, 0.2) is 6.61 Å². The fourth-order valence-electron chi connectivity index (χ4n) is 3.18. The van der Waals surface area contributed by atoms with E-state index in [4.69, 9.17) is 4.74 Å². The molecule has 0 aliphatic carbocycles. The summed E-state index contributed by atoms with van der Waals surface area (Å²) in [7, 11) is 0. The highest BCUT2D eigenvalue weighted by Gasteiger charge is 2.18. The maximum atomic E-state index is 12.7. The van der Waals surface area contributed by atoms with Crippen LogP contribution in [-0.2, 0) is 6.61 Å². The summed E-state index contributed by atoms with van der Waals surface area (Å²) in [6.07, 6.45) is 0. The Labute approximate surface area is 141 Å². The summed E-state index contributed by atoms with van der Waals surface area (Å²) in [5, 5.41) is 10.5. The van der Waals surface area contributed by atoms with Gasteiger partial charge in [0, 0.05) is 16.6 Å². The van der Waals surface area contributed by atoms with Crippen LogP contribution in [0, 0.1) is 20.8 Å². The van der Waals surface area contributed by atoms with Crippen LogP contribution in [0.15, 0.2) is 42.5 Å². The molecule has 4 heteroatoms. The van der Waals surface area contributed by atoms with E-state index in [-0.39, 0.29) is 19.1 Å². The molecule has 0 amide bonds. The summed E-state index contributed by atoms with van der Waals surface area (Å²) >= 11 is 0. The van der Waals surface area contributed by atoms with Gasteiger partial charge in [-0.15, -0.1) is 0 Å². The van der Waals surface area contributed by atoms with E-state index in [0.29, 0.717) is 5.75 Å². The Morgan fingerprint density at radius 3 is 2.42 bits per heavy atom. The zero-order valence-electron chi connectivity index (χ0n) is 14.2. The molecule has 124 valence electrons. The second-order valence-electron chi connectivity index (χ2n) is 6.08. The topological polar surface area (TPSA) is 51.5 Å². The van der Waals surface area contributed by atoms with Crippen molar-refractivity contribution in [3.05, 3.63) is 64.8 Å². The summed E-state index contributed by atoms with van der Waals surface area (Å²) < 4.78 is 7.33. The van der Waals surface area contributed by atoms with Crippen molar-refractivity contribution < 1.29 is 14.6 Å². The van der Waals surface area contributed by atoms with E-state index in [1.165, 1.54) is 0 Å². The summed E-state index contributed by atoms with van der Waals surface area (Å²) in [6.45, 7) is 5.70. The first kappa shape index (κ1) is 16.3. The van der Waals surface area contributed by atoms with Crippen molar-refractivity contribution in [2.75, 3.05) is 6.61 Å². The average molecular weight is 323 g/mol. The number of hydrogen-bond acceptors (Lipinski definition) is 3. The van der Waals surface area contributed by atoms with Crippen molar-refractivity contribution in [2.24, 2.45) is 0 Å². The number of aromatic nitrogens is 1. The van der Waals surface area contributed by atoms with Crippen molar-refractivity contribution in [2.45, 2.75) is 27.4 Å². The molecule has 0 atom stereocenters. The summed E-state index contributed by atoms with van der Waals surface area (Å²) in [4.78, 5) is 12.7. The second-order valence-corrected chi connectivity index (χ2v) is 6.08. The van der Waals surface area contributed by atoms with E-state index >= 15 is 0 Å².